The van der Waals surface area contributed by atoms with Crippen molar-refractivity contribution in [2.24, 2.45) is 22.0 Å². The Balaban J connectivity index is 0.856. The van der Waals surface area contributed by atoms with Gasteiger partial charge in [-0.05, 0) is 135 Å². The Morgan fingerprint density at radius 3 is 1.51 bits per heavy atom. The van der Waals surface area contributed by atoms with Crippen LogP contribution in [0.1, 0.15) is 58.3 Å². The fourth-order valence-electron chi connectivity index (χ4n) is 7.77. The standard InChI is InChI=1S/C45H48N6O10/c1-4-6-34(7-5-28-46-31-12-16-36(56-2)17-13-31)48-50-38-40(52)58-44(59-41(38)53)24-20-29(21-25-44)30-22-26-45(27-23-30)60-42(54)39(43(55)61-45)51-49-35-10-8-32(9-11-35)47-33-14-18-37(57-3)19-15-33/h4-19,28-30,46-49H,20-27H2,1-3H3/b6-4-,28-5+,34-7+,50-38?,51-39?. The molecule has 2 aliphatic carbocycles. The number of carbonyl (C=O) groups excluding carboxylic acids is 4. The largest absolute Gasteiger partial charge is 0.497 e. The van der Waals surface area contributed by atoms with Crippen molar-refractivity contribution < 1.29 is 47.6 Å². The van der Waals surface area contributed by atoms with Crippen molar-refractivity contribution in [1.29, 1.82) is 0 Å². The van der Waals surface area contributed by atoms with E-state index in [1.54, 1.807) is 56.9 Å². The fraction of sp³-hybridized carbons (Fsp3) is 0.333. The molecule has 61 heavy (non-hydrogen) atoms. The summed E-state index contributed by atoms with van der Waals surface area (Å²) in [5, 5.41) is 14.5. The van der Waals surface area contributed by atoms with E-state index in [1.165, 1.54) is 0 Å². The zero-order valence-corrected chi connectivity index (χ0v) is 34.1. The molecule has 2 saturated carbocycles. The van der Waals surface area contributed by atoms with Crippen molar-refractivity contribution in [3.63, 3.8) is 0 Å². The Morgan fingerprint density at radius 1 is 0.623 bits per heavy atom. The molecule has 0 bridgehead atoms. The molecule has 4 fully saturated rings. The summed E-state index contributed by atoms with van der Waals surface area (Å²) in [6, 6.07) is 22.1. The highest BCUT2D eigenvalue weighted by Gasteiger charge is 2.53. The average molecular weight is 833 g/mol. The second-order valence-corrected chi connectivity index (χ2v) is 15.0. The average Bonchev–Trinajstić information content (AvgIpc) is 3.26. The van der Waals surface area contributed by atoms with Gasteiger partial charge in [0.05, 0.1) is 25.6 Å². The minimum Gasteiger partial charge on any atom is -0.497 e. The number of allylic oxidation sites excluding steroid dienone is 4. The molecule has 0 aromatic heterocycles. The number of hydrogen-bond donors (Lipinski definition) is 4. The van der Waals surface area contributed by atoms with E-state index in [4.69, 9.17) is 28.4 Å². The van der Waals surface area contributed by atoms with Crippen molar-refractivity contribution in [2.75, 3.05) is 30.3 Å². The number of nitrogens with one attached hydrogen (secondary N) is 4. The van der Waals surface area contributed by atoms with Crippen molar-refractivity contribution in [1.82, 2.24) is 5.43 Å². The van der Waals surface area contributed by atoms with Gasteiger partial charge in [0.1, 0.15) is 11.5 Å². The molecule has 2 spiro atoms. The van der Waals surface area contributed by atoms with Gasteiger partial charge in [-0.25, -0.2) is 19.2 Å². The molecule has 3 aromatic rings. The first kappa shape index (κ1) is 42.0. The monoisotopic (exact) mass is 832 g/mol. The van der Waals surface area contributed by atoms with Gasteiger partial charge >= 0.3 is 23.9 Å². The van der Waals surface area contributed by atoms with Gasteiger partial charge in [0.2, 0.25) is 0 Å². The molecule has 16 heteroatoms. The first-order valence-electron chi connectivity index (χ1n) is 20.1. The molecule has 16 nitrogen and oxygen atoms in total. The number of esters is 4. The molecule has 0 amide bonds. The van der Waals surface area contributed by atoms with E-state index >= 15 is 0 Å². The van der Waals surface area contributed by atoms with Crippen LogP contribution in [0.4, 0.5) is 22.7 Å². The Bertz CT molecular complexity index is 2190. The van der Waals surface area contributed by atoms with Crippen LogP contribution in [0.3, 0.4) is 0 Å². The SMILES string of the molecule is C\C=C/C(=C\C=C\Nc1ccc(OC)cc1)NN=C1C(=O)OC2(CCC(C3CCC4(CC3)OC(=O)C(=NNc3ccc(Nc5ccc(OC)cc5)cc3)C(=O)O4)CC2)OC1=O. The molecule has 318 valence electrons. The molecule has 0 radical (unpaired) electrons. The molecule has 4 N–H and O–H groups in total. The number of hydrazone groups is 2. The van der Waals surface area contributed by atoms with Crippen LogP contribution in [0.5, 0.6) is 11.5 Å². The van der Waals surface area contributed by atoms with E-state index in [2.05, 4.69) is 31.7 Å². The summed E-state index contributed by atoms with van der Waals surface area (Å²) >= 11 is 0. The van der Waals surface area contributed by atoms with Crippen LogP contribution in [-0.4, -0.2) is 61.1 Å². The van der Waals surface area contributed by atoms with Gasteiger partial charge in [-0.15, -0.1) is 0 Å². The summed E-state index contributed by atoms with van der Waals surface area (Å²) in [4.78, 5) is 52.2. The third-order valence-corrected chi connectivity index (χ3v) is 11.1. The zero-order chi connectivity index (χ0) is 42.8. The molecule has 0 unspecified atom stereocenters. The lowest BCUT2D eigenvalue weighted by Gasteiger charge is -2.45. The van der Waals surface area contributed by atoms with E-state index in [9.17, 15) is 19.2 Å². The fourth-order valence-corrected chi connectivity index (χ4v) is 7.77. The molecule has 3 aromatic carbocycles. The van der Waals surface area contributed by atoms with Crippen molar-refractivity contribution in [3.8, 4) is 11.5 Å². The molecule has 0 atom stereocenters. The van der Waals surface area contributed by atoms with Gasteiger partial charge in [0.15, 0.2) is 0 Å². The molecule has 4 aliphatic rings. The maximum Gasteiger partial charge on any atom is 0.369 e. The summed E-state index contributed by atoms with van der Waals surface area (Å²) < 4.78 is 33.3. The minimum absolute atomic E-state index is 0.243. The van der Waals surface area contributed by atoms with Crippen LogP contribution < -0.4 is 31.0 Å². The molecular weight excluding hydrogens is 785 g/mol. The lowest BCUT2D eigenvalue weighted by Crippen LogP contribution is -2.54. The highest BCUT2D eigenvalue weighted by molar-refractivity contribution is 6.63. The maximum atomic E-state index is 13.1. The van der Waals surface area contributed by atoms with Gasteiger partial charge < -0.3 is 39.1 Å². The Hall–Kier alpha value is -7.10. The van der Waals surface area contributed by atoms with Crippen LogP contribution in [0.25, 0.3) is 0 Å². The van der Waals surface area contributed by atoms with Crippen molar-refractivity contribution in [3.05, 3.63) is 109 Å². The van der Waals surface area contributed by atoms with Crippen LogP contribution in [0.2, 0.25) is 0 Å². The number of anilines is 4. The second-order valence-electron chi connectivity index (χ2n) is 15.0. The zero-order valence-electron chi connectivity index (χ0n) is 34.1. The number of ether oxygens (including phenoxy) is 6. The quantitative estimate of drug-likeness (QED) is 0.0765. The van der Waals surface area contributed by atoms with E-state index < -0.39 is 46.9 Å². The van der Waals surface area contributed by atoms with Crippen LogP contribution in [0, 0.1) is 11.8 Å². The van der Waals surface area contributed by atoms with E-state index in [-0.39, 0.29) is 11.8 Å². The van der Waals surface area contributed by atoms with Crippen LogP contribution in [-0.2, 0) is 38.1 Å². The first-order valence-corrected chi connectivity index (χ1v) is 20.1. The van der Waals surface area contributed by atoms with Gasteiger partial charge in [-0.2, -0.15) is 10.2 Å². The van der Waals surface area contributed by atoms with Gasteiger partial charge in [0.25, 0.3) is 23.0 Å². The Morgan fingerprint density at radius 2 is 1.05 bits per heavy atom. The van der Waals surface area contributed by atoms with Crippen LogP contribution >= 0.6 is 0 Å². The van der Waals surface area contributed by atoms with Gasteiger partial charge in [0, 0.05) is 48.9 Å². The minimum atomic E-state index is -1.36. The number of hydrogen-bond acceptors (Lipinski definition) is 16. The summed E-state index contributed by atoms with van der Waals surface area (Å²) in [6.45, 7) is 1.83. The summed E-state index contributed by atoms with van der Waals surface area (Å²) in [5.41, 5.74) is 8.19. The number of methoxy groups -OCH3 is 2. The molecule has 2 heterocycles. The lowest BCUT2D eigenvalue weighted by atomic mass is 9.70. The lowest BCUT2D eigenvalue weighted by molar-refractivity contribution is -0.249. The Labute approximate surface area is 353 Å². The van der Waals surface area contributed by atoms with Crippen molar-refractivity contribution >= 4 is 58.1 Å². The van der Waals surface area contributed by atoms with E-state index in [0.29, 0.717) is 62.8 Å². The molecule has 7 rings (SSSR count). The highest BCUT2D eigenvalue weighted by Crippen LogP contribution is 2.47. The number of rotatable bonds is 13. The van der Waals surface area contributed by atoms with Crippen LogP contribution in [0.15, 0.2) is 119 Å². The molecule has 2 saturated heterocycles. The van der Waals surface area contributed by atoms with E-state index in [0.717, 1.165) is 28.6 Å². The van der Waals surface area contributed by atoms with Gasteiger partial charge in [-0.3, -0.25) is 10.9 Å². The topological polar surface area (TPSA) is 196 Å². The molecular formula is C45H48N6O10. The first-order chi connectivity index (χ1) is 29.6. The maximum absolute atomic E-state index is 13.1. The number of nitrogens with zero attached hydrogens (tertiary/aromatic N) is 2. The number of benzene rings is 3. The van der Waals surface area contributed by atoms with Crippen molar-refractivity contribution in [2.45, 2.75) is 69.9 Å². The summed E-state index contributed by atoms with van der Waals surface area (Å²) in [6.07, 6.45) is 12.7. The third-order valence-electron chi connectivity index (χ3n) is 11.1. The number of carbonyl (C=O) groups is 4. The summed E-state index contributed by atoms with van der Waals surface area (Å²) in [7, 11) is 3.22. The van der Waals surface area contributed by atoms with E-state index in [1.807, 2.05) is 67.6 Å². The predicted octanol–water partition coefficient (Wildman–Crippen LogP) is 7.22. The predicted molar refractivity (Wildman–Crippen MR) is 227 cm³/mol. The third kappa shape index (κ3) is 10.4. The highest BCUT2D eigenvalue weighted by atomic mass is 16.8. The van der Waals surface area contributed by atoms with Gasteiger partial charge in [-0.1, -0.05) is 6.08 Å². The summed E-state index contributed by atoms with van der Waals surface area (Å²) in [5.74, 6) is -4.11. The molecule has 2 aliphatic heterocycles. The smallest absolute Gasteiger partial charge is 0.369 e. The normalized spacial score (nSPS) is 24.1. The second kappa shape index (κ2) is 18.9. The Kier molecular flexibility index (Phi) is 13.0.